The third kappa shape index (κ3) is 6.29. The summed E-state index contributed by atoms with van der Waals surface area (Å²) >= 11 is 11.9. The lowest BCUT2D eigenvalue weighted by atomic mass is 10.1. The van der Waals surface area contributed by atoms with Crippen molar-refractivity contribution in [1.29, 1.82) is 5.26 Å². The number of amides is 1. The molecule has 0 aromatic heterocycles. The molecule has 0 bridgehead atoms. The van der Waals surface area contributed by atoms with Crippen LogP contribution < -0.4 is 14.8 Å². The molecule has 9 heteroatoms. The van der Waals surface area contributed by atoms with Gasteiger partial charge < -0.3 is 19.9 Å². The highest BCUT2D eigenvalue weighted by Crippen LogP contribution is 2.30. The molecule has 0 heterocycles. The number of methoxy groups -OCH3 is 1. The van der Waals surface area contributed by atoms with E-state index >= 15 is 0 Å². The van der Waals surface area contributed by atoms with Crippen LogP contribution in [-0.4, -0.2) is 24.1 Å². The van der Waals surface area contributed by atoms with E-state index in [4.69, 9.17) is 37.8 Å². The number of anilines is 1. The number of carbonyl (C=O) groups is 2. The number of carboxylic acid groups (broad SMARTS) is 1. The molecule has 34 heavy (non-hydrogen) atoms. The predicted octanol–water partition coefficient (Wildman–Crippen LogP) is 5.82. The van der Waals surface area contributed by atoms with E-state index in [2.05, 4.69) is 5.32 Å². The smallest absolute Gasteiger partial charge is 0.335 e. The molecule has 0 saturated heterocycles. The number of carboxylic acids is 1. The van der Waals surface area contributed by atoms with E-state index in [0.717, 1.165) is 0 Å². The van der Waals surface area contributed by atoms with Gasteiger partial charge in [0.25, 0.3) is 5.91 Å². The van der Waals surface area contributed by atoms with Crippen LogP contribution in [0.1, 0.15) is 21.5 Å². The molecular formula is C25H18Cl2N2O5. The Morgan fingerprint density at radius 3 is 2.56 bits per heavy atom. The van der Waals surface area contributed by atoms with Gasteiger partial charge in [-0.15, -0.1) is 0 Å². The molecule has 3 rings (SSSR count). The van der Waals surface area contributed by atoms with Crippen LogP contribution in [0, 0.1) is 11.3 Å². The average Bonchev–Trinajstić information content (AvgIpc) is 2.83. The van der Waals surface area contributed by atoms with E-state index in [9.17, 15) is 14.9 Å². The normalized spacial score (nSPS) is 10.8. The Morgan fingerprint density at radius 2 is 1.88 bits per heavy atom. The molecule has 7 nitrogen and oxygen atoms in total. The monoisotopic (exact) mass is 496 g/mol. The molecule has 0 radical (unpaired) electrons. The van der Waals surface area contributed by atoms with Crippen molar-refractivity contribution in [2.24, 2.45) is 0 Å². The highest BCUT2D eigenvalue weighted by atomic mass is 35.5. The Hall–Kier alpha value is -3.99. The number of aromatic carboxylic acids is 1. The molecule has 172 valence electrons. The fraction of sp³-hybridized carbons (Fsp3) is 0.0800. The van der Waals surface area contributed by atoms with Crippen LogP contribution in [-0.2, 0) is 11.4 Å². The molecule has 3 aromatic rings. The highest BCUT2D eigenvalue weighted by Gasteiger charge is 2.13. The van der Waals surface area contributed by atoms with Gasteiger partial charge in [-0.25, -0.2) is 4.79 Å². The summed E-state index contributed by atoms with van der Waals surface area (Å²) in [6.07, 6.45) is 1.40. The second-order valence-corrected chi connectivity index (χ2v) is 7.80. The van der Waals surface area contributed by atoms with Crippen molar-refractivity contribution < 1.29 is 24.2 Å². The number of ether oxygens (including phenoxy) is 2. The first-order chi connectivity index (χ1) is 16.3. The van der Waals surface area contributed by atoms with Gasteiger partial charge in [0, 0.05) is 5.02 Å². The lowest BCUT2D eigenvalue weighted by molar-refractivity contribution is -0.112. The summed E-state index contributed by atoms with van der Waals surface area (Å²) in [5.41, 5.74) is 1.55. The van der Waals surface area contributed by atoms with Crippen LogP contribution in [0.25, 0.3) is 6.08 Å². The minimum Gasteiger partial charge on any atom is -0.493 e. The van der Waals surface area contributed by atoms with Crippen molar-refractivity contribution in [3.8, 4) is 17.6 Å². The van der Waals surface area contributed by atoms with Crippen molar-refractivity contribution in [1.82, 2.24) is 0 Å². The SMILES string of the molecule is COc1cc(/C=C(/C#N)C(=O)Nc2ccc(Cl)cc2Cl)ccc1OCc1cccc(C(=O)O)c1. The summed E-state index contributed by atoms with van der Waals surface area (Å²) in [5, 5.41) is 21.8. The van der Waals surface area contributed by atoms with E-state index in [1.54, 1.807) is 42.5 Å². The molecule has 0 saturated carbocycles. The fourth-order valence-electron chi connectivity index (χ4n) is 2.94. The molecule has 0 unspecified atom stereocenters. The minimum atomic E-state index is -1.02. The third-order valence-corrected chi connectivity index (χ3v) is 5.16. The molecule has 0 atom stereocenters. The number of benzene rings is 3. The van der Waals surface area contributed by atoms with Crippen molar-refractivity contribution in [3.63, 3.8) is 0 Å². The number of halogens is 2. The first kappa shape index (κ1) is 24.6. The summed E-state index contributed by atoms with van der Waals surface area (Å²) < 4.78 is 11.1. The molecule has 0 fully saturated rings. The largest absolute Gasteiger partial charge is 0.493 e. The van der Waals surface area contributed by atoms with Gasteiger partial charge in [-0.05, 0) is 59.7 Å². The Balaban J connectivity index is 1.76. The van der Waals surface area contributed by atoms with Crippen molar-refractivity contribution in [3.05, 3.63) is 93.0 Å². The average molecular weight is 497 g/mol. The van der Waals surface area contributed by atoms with Gasteiger partial charge in [0.15, 0.2) is 11.5 Å². The molecule has 1 amide bonds. The number of nitrogens with zero attached hydrogens (tertiary/aromatic N) is 1. The van der Waals surface area contributed by atoms with E-state index in [1.807, 2.05) is 6.07 Å². The molecule has 0 aliphatic heterocycles. The first-order valence-corrected chi connectivity index (χ1v) is 10.6. The lowest BCUT2D eigenvalue weighted by Gasteiger charge is -2.12. The summed E-state index contributed by atoms with van der Waals surface area (Å²) in [4.78, 5) is 23.7. The van der Waals surface area contributed by atoms with Crippen molar-refractivity contribution in [2.75, 3.05) is 12.4 Å². The number of hydrogen-bond acceptors (Lipinski definition) is 5. The third-order valence-electron chi connectivity index (χ3n) is 4.61. The maximum atomic E-state index is 12.6. The second-order valence-electron chi connectivity index (χ2n) is 6.95. The fourth-order valence-corrected chi connectivity index (χ4v) is 3.40. The first-order valence-electron chi connectivity index (χ1n) is 9.82. The van der Waals surface area contributed by atoms with Crippen LogP contribution >= 0.6 is 23.2 Å². The summed E-state index contributed by atoms with van der Waals surface area (Å²) in [5.74, 6) is -0.867. The van der Waals surface area contributed by atoms with E-state index in [-0.39, 0.29) is 22.8 Å². The molecule has 2 N–H and O–H groups in total. The van der Waals surface area contributed by atoms with E-state index in [1.165, 1.54) is 31.4 Å². The van der Waals surface area contributed by atoms with Crippen LogP contribution in [0.5, 0.6) is 11.5 Å². The van der Waals surface area contributed by atoms with Gasteiger partial charge >= 0.3 is 5.97 Å². The number of rotatable bonds is 8. The lowest BCUT2D eigenvalue weighted by Crippen LogP contribution is -2.13. The number of carbonyl (C=O) groups excluding carboxylic acids is 1. The number of nitrogens with one attached hydrogen (secondary N) is 1. The molecule has 0 aliphatic carbocycles. The predicted molar refractivity (Wildman–Crippen MR) is 129 cm³/mol. The van der Waals surface area contributed by atoms with Crippen molar-refractivity contribution in [2.45, 2.75) is 6.61 Å². The Kier molecular flexibility index (Phi) is 8.14. The molecule has 0 spiro atoms. The summed E-state index contributed by atoms with van der Waals surface area (Å²) in [6.45, 7) is 0.125. The highest BCUT2D eigenvalue weighted by molar-refractivity contribution is 6.36. The van der Waals surface area contributed by atoms with Crippen LogP contribution in [0.3, 0.4) is 0 Å². The number of nitriles is 1. The zero-order valence-electron chi connectivity index (χ0n) is 17.8. The zero-order chi connectivity index (χ0) is 24.7. The topological polar surface area (TPSA) is 109 Å². The van der Waals surface area contributed by atoms with Gasteiger partial charge in [0.2, 0.25) is 0 Å². The zero-order valence-corrected chi connectivity index (χ0v) is 19.4. The summed E-state index contributed by atoms with van der Waals surface area (Å²) in [6, 6.07) is 17.8. The second kappa shape index (κ2) is 11.2. The van der Waals surface area contributed by atoms with Gasteiger partial charge in [-0.1, -0.05) is 41.4 Å². The number of hydrogen-bond donors (Lipinski definition) is 2. The molecule has 3 aromatic carbocycles. The maximum absolute atomic E-state index is 12.6. The van der Waals surface area contributed by atoms with Crippen LogP contribution in [0.2, 0.25) is 10.0 Å². The standard InChI is InChI=1S/C25H18Cl2N2O5/c1-33-23-11-15(5-8-22(23)34-14-16-3-2-4-17(10-16)25(31)32)9-18(13-28)24(30)29-21-7-6-19(26)12-20(21)27/h2-12H,14H2,1H3,(H,29,30)(H,31,32)/b18-9-. The van der Waals surface area contributed by atoms with Gasteiger partial charge in [0.05, 0.1) is 23.4 Å². The molecular weight excluding hydrogens is 479 g/mol. The summed E-state index contributed by atoms with van der Waals surface area (Å²) in [7, 11) is 1.46. The van der Waals surface area contributed by atoms with Gasteiger partial charge in [0.1, 0.15) is 18.2 Å². The Morgan fingerprint density at radius 1 is 1.09 bits per heavy atom. The van der Waals surface area contributed by atoms with Gasteiger partial charge in [-0.3, -0.25) is 4.79 Å². The maximum Gasteiger partial charge on any atom is 0.335 e. The minimum absolute atomic E-state index is 0.125. The van der Waals surface area contributed by atoms with E-state index in [0.29, 0.717) is 33.3 Å². The van der Waals surface area contributed by atoms with Crippen LogP contribution in [0.4, 0.5) is 5.69 Å². The van der Waals surface area contributed by atoms with Crippen LogP contribution in [0.15, 0.2) is 66.2 Å². The Labute approximate surface area is 205 Å². The Bertz CT molecular complexity index is 1310. The quantitative estimate of drug-likeness (QED) is 0.300. The van der Waals surface area contributed by atoms with E-state index < -0.39 is 11.9 Å². The molecule has 0 aliphatic rings. The van der Waals surface area contributed by atoms with Gasteiger partial charge in [-0.2, -0.15) is 5.26 Å². The van der Waals surface area contributed by atoms with Crippen molar-refractivity contribution >= 4 is 46.8 Å².